The molecule has 1 aromatic carbocycles. The molecule has 3 heteroatoms. The van der Waals surface area contributed by atoms with Crippen molar-refractivity contribution in [3.63, 3.8) is 0 Å². The van der Waals surface area contributed by atoms with Gasteiger partial charge in [0.1, 0.15) is 0 Å². The summed E-state index contributed by atoms with van der Waals surface area (Å²) in [6, 6.07) is 7.60. The fraction of sp³-hybridized carbons (Fsp3) is 0.167. The van der Waals surface area contributed by atoms with E-state index in [4.69, 9.17) is 5.11 Å². The molecule has 3 nitrogen and oxygen atoms in total. The van der Waals surface area contributed by atoms with Crippen LogP contribution in [-0.4, -0.2) is 16.1 Å². The number of carboxylic acid groups (broad SMARTS) is 1. The fourth-order valence-electron chi connectivity index (χ4n) is 1.62. The molecule has 0 aliphatic heterocycles. The molecule has 0 aliphatic carbocycles. The summed E-state index contributed by atoms with van der Waals surface area (Å²) in [5.41, 5.74) is 1.32. The maximum absolute atomic E-state index is 10.9. The third-order valence-electron chi connectivity index (χ3n) is 2.44. The van der Waals surface area contributed by atoms with E-state index >= 15 is 0 Å². The average Bonchev–Trinajstić information content (AvgIpc) is 2.27. The summed E-state index contributed by atoms with van der Waals surface area (Å²) >= 11 is 0. The van der Waals surface area contributed by atoms with E-state index in [1.165, 1.54) is 11.8 Å². The van der Waals surface area contributed by atoms with E-state index in [0.29, 0.717) is 5.39 Å². The van der Waals surface area contributed by atoms with Crippen LogP contribution in [-0.2, 0) is 6.42 Å². The molecule has 0 fully saturated rings. The van der Waals surface area contributed by atoms with Gasteiger partial charge in [-0.1, -0.05) is 25.1 Å². The molecule has 0 saturated heterocycles. The molecule has 2 rings (SSSR count). The number of pyridine rings is 1. The van der Waals surface area contributed by atoms with Crippen molar-refractivity contribution in [1.82, 2.24) is 4.98 Å². The SMILES string of the molecule is CCc1ccc2c(C(=O)O)nccc2c1. The van der Waals surface area contributed by atoms with E-state index in [1.807, 2.05) is 24.3 Å². The van der Waals surface area contributed by atoms with Crippen LogP contribution < -0.4 is 0 Å². The predicted molar refractivity (Wildman–Crippen MR) is 58.1 cm³/mol. The number of aromatic nitrogens is 1. The summed E-state index contributed by atoms with van der Waals surface area (Å²) in [5.74, 6) is -0.982. The van der Waals surface area contributed by atoms with Gasteiger partial charge in [0.15, 0.2) is 5.69 Å². The van der Waals surface area contributed by atoms with Crippen LogP contribution in [0.25, 0.3) is 10.8 Å². The van der Waals surface area contributed by atoms with E-state index in [1.54, 1.807) is 0 Å². The molecule has 2 aromatic rings. The highest BCUT2D eigenvalue weighted by Gasteiger charge is 2.09. The van der Waals surface area contributed by atoms with Crippen LogP contribution in [0.5, 0.6) is 0 Å². The van der Waals surface area contributed by atoms with Gasteiger partial charge in [-0.05, 0) is 23.4 Å². The number of hydrogen-bond acceptors (Lipinski definition) is 2. The highest BCUT2D eigenvalue weighted by atomic mass is 16.4. The quantitative estimate of drug-likeness (QED) is 0.812. The Kier molecular flexibility index (Phi) is 2.37. The molecule has 1 heterocycles. The van der Waals surface area contributed by atoms with Crippen molar-refractivity contribution in [1.29, 1.82) is 0 Å². The zero-order valence-corrected chi connectivity index (χ0v) is 8.40. The molecule has 0 saturated carbocycles. The topological polar surface area (TPSA) is 50.2 Å². The third kappa shape index (κ3) is 1.68. The second-order valence-electron chi connectivity index (χ2n) is 3.37. The molecule has 0 amide bonds. The second kappa shape index (κ2) is 3.69. The average molecular weight is 201 g/mol. The first-order valence-corrected chi connectivity index (χ1v) is 4.83. The molecule has 15 heavy (non-hydrogen) atoms. The predicted octanol–water partition coefficient (Wildman–Crippen LogP) is 2.50. The van der Waals surface area contributed by atoms with E-state index in [-0.39, 0.29) is 5.69 Å². The van der Waals surface area contributed by atoms with Gasteiger partial charge in [-0.3, -0.25) is 0 Å². The van der Waals surface area contributed by atoms with Crippen LogP contribution >= 0.6 is 0 Å². The summed E-state index contributed by atoms with van der Waals surface area (Å²) < 4.78 is 0. The van der Waals surface area contributed by atoms with Crippen LogP contribution in [0.15, 0.2) is 30.5 Å². The molecule has 0 spiro atoms. The minimum absolute atomic E-state index is 0.121. The smallest absolute Gasteiger partial charge is 0.355 e. The highest BCUT2D eigenvalue weighted by molar-refractivity contribution is 6.01. The number of hydrogen-bond donors (Lipinski definition) is 1. The Morgan fingerprint density at radius 3 is 2.87 bits per heavy atom. The molecule has 0 unspecified atom stereocenters. The monoisotopic (exact) mass is 201 g/mol. The number of aromatic carboxylic acids is 1. The number of carboxylic acids is 1. The number of rotatable bonds is 2. The van der Waals surface area contributed by atoms with Crippen molar-refractivity contribution < 1.29 is 9.90 Å². The lowest BCUT2D eigenvalue weighted by Crippen LogP contribution is -2.00. The maximum Gasteiger partial charge on any atom is 0.355 e. The van der Waals surface area contributed by atoms with Crippen molar-refractivity contribution in [2.45, 2.75) is 13.3 Å². The first-order chi connectivity index (χ1) is 7.22. The van der Waals surface area contributed by atoms with Gasteiger partial charge in [0.25, 0.3) is 0 Å². The van der Waals surface area contributed by atoms with Crippen molar-refractivity contribution in [3.05, 3.63) is 41.7 Å². The van der Waals surface area contributed by atoms with Crippen molar-refractivity contribution in [2.24, 2.45) is 0 Å². The minimum Gasteiger partial charge on any atom is -0.476 e. The molecule has 0 bridgehead atoms. The fourth-order valence-corrected chi connectivity index (χ4v) is 1.62. The number of aryl methyl sites for hydroxylation is 1. The molecule has 0 atom stereocenters. The van der Waals surface area contributed by atoms with Crippen molar-refractivity contribution >= 4 is 16.7 Å². The summed E-state index contributed by atoms with van der Waals surface area (Å²) in [6.07, 6.45) is 2.48. The van der Waals surface area contributed by atoms with Gasteiger partial charge in [-0.2, -0.15) is 0 Å². The van der Waals surface area contributed by atoms with Gasteiger partial charge in [-0.25, -0.2) is 9.78 Å². The molecular formula is C12H11NO2. The molecule has 1 N–H and O–H groups in total. The van der Waals surface area contributed by atoms with Gasteiger partial charge in [0.2, 0.25) is 0 Å². The first-order valence-electron chi connectivity index (χ1n) is 4.83. The van der Waals surface area contributed by atoms with E-state index < -0.39 is 5.97 Å². The Morgan fingerprint density at radius 2 is 2.20 bits per heavy atom. The van der Waals surface area contributed by atoms with Crippen molar-refractivity contribution in [3.8, 4) is 0 Å². The first kappa shape index (κ1) is 9.65. The van der Waals surface area contributed by atoms with E-state index in [9.17, 15) is 4.79 Å². The molecule has 0 aliphatic rings. The van der Waals surface area contributed by atoms with Gasteiger partial charge < -0.3 is 5.11 Å². The highest BCUT2D eigenvalue weighted by Crippen LogP contribution is 2.18. The van der Waals surface area contributed by atoms with Gasteiger partial charge in [0, 0.05) is 11.6 Å². The lowest BCUT2D eigenvalue weighted by molar-refractivity contribution is 0.0693. The number of fused-ring (bicyclic) bond motifs is 1. The summed E-state index contributed by atoms with van der Waals surface area (Å²) in [5, 5.41) is 10.6. The molecule has 1 aromatic heterocycles. The van der Waals surface area contributed by atoms with Gasteiger partial charge in [-0.15, -0.1) is 0 Å². The van der Waals surface area contributed by atoms with E-state index in [2.05, 4.69) is 11.9 Å². The maximum atomic E-state index is 10.9. The standard InChI is InChI=1S/C12H11NO2/c1-2-8-3-4-10-9(7-8)5-6-13-11(10)12(14)15/h3-7H,2H2,1H3,(H,14,15). The van der Waals surface area contributed by atoms with Crippen LogP contribution in [0.4, 0.5) is 0 Å². The lowest BCUT2D eigenvalue weighted by Gasteiger charge is -2.03. The van der Waals surface area contributed by atoms with Crippen LogP contribution in [0, 0.1) is 0 Å². The van der Waals surface area contributed by atoms with Crippen LogP contribution in [0.3, 0.4) is 0 Å². The largest absolute Gasteiger partial charge is 0.476 e. The molecule has 76 valence electrons. The summed E-state index contributed by atoms with van der Waals surface area (Å²) in [6.45, 7) is 2.07. The second-order valence-corrected chi connectivity index (χ2v) is 3.37. The minimum atomic E-state index is -0.982. The van der Waals surface area contributed by atoms with Crippen LogP contribution in [0.2, 0.25) is 0 Å². The summed E-state index contributed by atoms with van der Waals surface area (Å²) in [4.78, 5) is 14.8. The van der Waals surface area contributed by atoms with Gasteiger partial charge >= 0.3 is 5.97 Å². The Balaban J connectivity index is 2.72. The zero-order chi connectivity index (χ0) is 10.8. The van der Waals surface area contributed by atoms with Crippen molar-refractivity contribution in [2.75, 3.05) is 0 Å². The third-order valence-corrected chi connectivity index (χ3v) is 2.44. The Bertz CT molecular complexity index is 520. The Morgan fingerprint density at radius 1 is 1.40 bits per heavy atom. The van der Waals surface area contributed by atoms with Crippen LogP contribution in [0.1, 0.15) is 23.0 Å². The van der Waals surface area contributed by atoms with Gasteiger partial charge in [0.05, 0.1) is 0 Å². The lowest BCUT2D eigenvalue weighted by atomic mass is 10.1. The molecular weight excluding hydrogens is 190 g/mol. The number of nitrogens with zero attached hydrogens (tertiary/aromatic N) is 1. The normalized spacial score (nSPS) is 10.5. The van der Waals surface area contributed by atoms with E-state index in [0.717, 1.165) is 11.8 Å². The Labute approximate surface area is 87.4 Å². The summed E-state index contributed by atoms with van der Waals surface area (Å²) in [7, 11) is 0. The number of benzene rings is 1. The molecule has 0 radical (unpaired) electrons. The Hall–Kier alpha value is -1.90. The zero-order valence-electron chi connectivity index (χ0n) is 8.40. The number of carbonyl (C=O) groups is 1.